The molecule has 1 aliphatic rings. The Labute approximate surface area is 146 Å². The van der Waals surface area contributed by atoms with Crippen molar-refractivity contribution >= 4 is 11.6 Å². The van der Waals surface area contributed by atoms with Gasteiger partial charge in [-0.1, -0.05) is 49.9 Å². The van der Waals surface area contributed by atoms with Gasteiger partial charge in [-0.3, -0.25) is 0 Å². The predicted molar refractivity (Wildman–Crippen MR) is 94.1 cm³/mol. The van der Waals surface area contributed by atoms with Crippen LogP contribution in [0.3, 0.4) is 0 Å². The highest BCUT2D eigenvalue weighted by Crippen LogP contribution is 2.46. The van der Waals surface area contributed by atoms with Crippen LogP contribution in [-0.2, 0) is 12.3 Å². The average Bonchev–Trinajstić information content (AvgIpc) is 2.54. The van der Waals surface area contributed by atoms with Crippen molar-refractivity contribution in [3.8, 4) is 16.9 Å². The quantitative estimate of drug-likeness (QED) is 0.532. The van der Waals surface area contributed by atoms with Crippen molar-refractivity contribution in [1.82, 2.24) is 0 Å². The van der Waals surface area contributed by atoms with Gasteiger partial charge in [-0.15, -0.1) is 0 Å². The highest BCUT2D eigenvalue weighted by molar-refractivity contribution is 6.30. The van der Waals surface area contributed by atoms with Crippen molar-refractivity contribution in [2.45, 2.75) is 45.0 Å². The van der Waals surface area contributed by atoms with E-state index in [2.05, 4.69) is 6.92 Å². The van der Waals surface area contributed by atoms with Crippen LogP contribution in [0.5, 0.6) is 5.75 Å². The molecule has 1 aliphatic carbocycles. The Morgan fingerprint density at radius 2 is 1.83 bits per heavy atom. The Kier molecular flexibility index (Phi) is 5.09. The van der Waals surface area contributed by atoms with Gasteiger partial charge < -0.3 is 4.74 Å². The predicted octanol–water partition coefficient (Wildman–Crippen LogP) is 6.61. The van der Waals surface area contributed by atoms with Gasteiger partial charge >= 0.3 is 0 Å². The Bertz CT molecular complexity index is 728. The molecular formula is C20H21ClF2O. The molecule has 0 spiro atoms. The van der Waals surface area contributed by atoms with Crippen molar-refractivity contribution in [2.24, 2.45) is 0 Å². The number of benzene rings is 2. The largest absolute Gasteiger partial charge is 0.494 e. The van der Waals surface area contributed by atoms with Crippen molar-refractivity contribution in [3.63, 3.8) is 0 Å². The van der Waals surface area contributed by atoms with E-state index in [1.165, 1.54) is 12.5 Å². The molecule has 3 rings (SSSR count). The lowest BCUT2D eigenvalue weighted by Gasteiger charge is -2.28. The Hall–Kier alpha value is -1.61. The van der Waals surface area contributed by atoms with E-state index in [4.69, 9.17) is 16.3 Å². The van der Waals surface area contributed by atoms with Gasteiger partial charge in [0.1, 0.15) is 5.75 Å². The highest BCUT2D eigenvalue weighted by atomic mass is 35.5. The molecule has 0 saturated carbocycles. The van der Waals surface area contributed by atoms with Crippen LogP contribution in [0, 0.1) is 0 Å². The monoisotopic (exact) mass is 350 g/mol. The summed E-state index contributed by atoms with van der Waals surface area (Å²) in [6, 6.07) is 10.2. The fourth-order valence-electron chi connectivity index (χ4n) is 3.18. The summed E-state index contributed by atoms with van der Waals surface area (Å²) in [7, 11) is 0. The second-order valence-electron chi connectivity index (χ2n) is 6.30. The molecule has 4 heteroatoms. The van der Waals surface area contributed by atoms with Gasteiger partial charge in [0.2, 0.25) is 0 Å². The number of halogens is 3. The molecule has 24 heavy (non-hydrogen) atoms. The maximum atomic E-state index is 14.6. The van der Waals surface area contributed by atoms with E-state index >= 15 is 0 Å². The summed E-state index contributed by atoms with van der Waals surface area (Å²) in [5, 5.41) is 0.486. The summed E-state index contributed by atoms with van der Waals surface area (Å²) in [6.45, 7) is 2.72. The maximum absolute atomic E-state index is 14.6. The van der Waals surface area contributed by atoms with Crippen molar-refractivity contribution in [1.29, 1.82) is 0 Å². The molecule has 0 fully saturated rings. The van der Waals surface area contributed by atoms with Gasteiger partial charge in [0, 0.05) is 17.0 Å². The van der Waals surface area contributed by atoms with Crippen LogP contribution in [-0.4, -0.2) is 6.61 Å². The third kappa shape index (κ3) is 3.56. The van der Waals surface area contributed by atoms with E-state index in [9.17, 15) is 8.78 Å². The molecule has 2 aromatic carbocycles. The molecule has 0 aromatic heterocycles. The number of alkyl halides is 2. The molecule has 0 bridgehead atoms. The van der Waals surface area contributed by atoms with Crippen molar-refractivity contribution in [3.05, 3.63) is 52.5 Å². The molecule has 0 atom stereocenters. The Morgan fingerprint density at radius 1 is 1.04 bits per heavy atom. The first kappa shape index (κ1) is 17.2. The summed E-state index contributed by atoms with van der Waals surface area (Å²) < 4.78 is 34.8. The Morgan fingerprint density at radius 3 is 2.62 bits per heavy atom. The third-order valence-electron chi connectivity index (χ3n) is 4.42. The number of rotatable bonds is 6. The maximum Gasteiger partial charge on any atom is 0.277 e. The van der Waals surface area contributed by atoms with Crippen LogP contribution in [0.2, 0.25) is 5.02 Å². The number of ether oxygens (including phenoxy) is 1. The average molecular weight is 351 g/mol. The summed E-state index contributed by atoms with van der Waals surface area (Å²) in [6.07, 6.45) is 4.06. The minimum absolute atomic E-state index is 0.0448. The zero-order valence-corrected chi connectivity index (χ0v) is 14.5. The number of fused-ring (bicyclic) bond motifs is 3. The highest BCUT2D eigenvalue weighted by Gasteiger charge is 2.39. The lowest BCUT2D eigenvalue weighted by molar-refractivity contribution is -0.00503. The summed E-state index contributed by atoms with van der Waals surface area (Å²) >= 11 is 5.95. The molecule has 0 aliphatic heterocycles. The van der Waals surface area contributed by atoms with Crippen molar-refractivity contribution in [2.75, 3.05) is 6.61 Å². The molecule has 1 nitrogen and oxygen atoms in total. The number of unbranched alkanes of at least 4 members (excludes halogenated alkanes) is 3. The van der Waals surface area contributed by atoms with Gasteiger partial charge in [0.25, 0.3) is 5.92 Å². The van der Waals surface area contributed by atoms with Crippen LogP contribution in [0.25, 0.3) is 11.1 Å². The standard InChI is InChI=1S/C20H21ClF2O/c1-2-3-4-5-10-24-16-7-9-18-17-8-6-15(21)11-14(17)13-20(22,23)19(18)12-16/h6-9,11-12H,2-5,10,13H2,1H3. The molecule has 0 radical (unpaired) electrons. The summed E-state index contributed by atoms with van der Waals surface area (Å²) in [5.41, 5.74) is 2.03. The molecule has 0 amide bonds. The van der Waals surface area contributed by atoms with E-state index in [1.54, 1.807) is 24.3 Å². The SMILES string of the molecule is CCCCCCOc1ccc2c(c1)C(F)(F)Cc1cc(Cl)ccc1-2. The number of hydrogen-bond acceptors (Lipinski definition) is 1. The van der Waals surface area contributed by atoms with Crippen LogP contribution in [0.15, 0.2) is 36.4 Å². The molecule has 0 saturated heterocycles. The lowest BCUT2D eigenvalue weighted by atomic mass is 9.83. The lowest BCUT2D eigenvalue weighted by Crippen LogP contribution is -2.22. The van der Waals surface area contributed by atoms with E-state index in [-0.39, 0.29) is 12.0 Å². The molecule has 2 aromatic rings. The van der Waals surface area contributed by atoms with Gasteiger partial charge in [-0.05, 0) is 47.4 Å². The first-order valence-corrected chi connectivity index (χ1v) is 8.83. The normalized spacial score (nSPS) is 14.8. The van der Waals surface area contributed by atoms with Gasteiger partial charge in [-0.2, -0.15) is 0 Å². The van der Waals surface area contributed by atoms with Crippen molar-refractivity contribution < 1.29 is 13.5 Å². The van der Waals surface area contributed by atoms with E-state index in [0.717, 1.165) is 24.8 Å². The Balaban J connectivity index is 1.84. The second-order valence-corrected chi connectivity index (χ2v) is 6.74. The minimum Gasteiger partial charge on any atom is -0.494 e. The fraction of sp³-hybridized carbons (Fsp3) is 0.400. The summed E-state index contributed by atoms with van der Waals surface area (Å²) in [5.74, 6) is -2.39. The minimum atomic E-state index is -2.91. The first-order valence-electron chi connectivity index (χ1n) is 8.45. The molecular weight excluding hydrogens is 330 g/mol. The fourth-order valence-corrected chi connectivity index (χ4v) is 3.37. The first-order chi connectivity index (χ1) is 11.5. The van der Waals surface area contributed by atoms with Crippen LogP contribution >= 0.6 is 11.6 Å². The summed E-state index contributed by atoms with van der Waals surface area (Å²) in [4.78, 5) is 0. The van der Waals surface area contributed by atoms with Crippen LogP contribution in [0.1, 0.15) is 43.7 Å². The van der Waals surface area contributed by atoms with Gasteiger partial charge in [0.15, 0.2) is 0 Å². The molecule has 128 valence electrons. The van der Waals surface area contributed by atoms with E-state index in [0.29, 0.717) is 28.5 Å². The van der Waals surface area contributed by atoms with Crippen LogP contribution in [0.4, 0.5) is 8.78 Å². The molecule has 0 N–H and O–H groups in total. The zero-order chi connectivity index (χ0) is 17.2. The van der Waals surface area contributed by atoms with E-state index in [1.807, 2.05) is 6.07 Å². The topological polar surface area (TPSA) is 9.23 Å². The van der Waals surface area contributed by atoms with Gasteiger partial charge in [0.05, 0.1) is 6.61 Å². The smallest absolute Gasteiger partial charge is 0.277 e. The van der Waals surface area contributed by atoms with E-state index < -0.39 is 5.92 Å². The third-order valence-corrected chi connectivity index (χ3v) is 4.66. The molecule has 0 heterocycles. The van der Waals surface area contributed by atoms with Gasteiger partial charge in [-0.25, -0.2) is 8.78 Å². The second kappa shape index (κ2) is 7.10. The number of hydrogen-bond donors (Lipinski definition) is 0. The molecule has 0 unspecified atom stereocenters. The van der Waals surface area contributed by atoms with Crippen LogP contribution < -0.4 is 4.74 Å². The zero-order valence-electron chi connectivity index (χ0n) is 13.7.